The van der Waals surface area contributed by atoms with Crippen LogP contribution < -0.4 is 0 Å². The molecular formula is C11H15N3S3. The van der Waals surface area contributed by atoms with Gasteiger partial charge in [0, 0.05) is 30.6 Å². The summed E-state index contributed by atoms with van der Waals surface area (Å²) < 4.78 is 0. The number of thioether (sulfide) groups is 3. The second-order valence-electron chi connectivity index (χ2n) is 3.21. The highest BCUT2D eigenvalue weighted by atomic mass is 32.2. The molecule has 0 aromatic carbocycles. The summed E-state index contributed by atoms with van der Waals surface area (Å²) >= 11 is 4.88. The Hall–Kier alpha value is -0.480. The SMILES string of the molecule is [C-]#[N+]CSCC(CSC(C)[N+]#[C-])SC(C)[N+]#[C-]. The molecule has 0 bridgehead atoms. The third-order valence-corrected chi connectivity index (χ3v) is 5.51. The summed E-state index contributed by atoms with van der Waals surface area (Å²) in [6.45, 7) is 24.4. The lowest BCUT2D eigenvalue weighted by Crippen LogP contribution is -2.14. The first-order valence-electron chi connectivity index (χ1n) is 5.05. The molecule has 0 fully saturated rings. The fourth-order valence-electron chi connectivity index (χ4n) is 0.949. The lowest BCUT2D eigenvalue weighted by atomic mass is 10.5. The Morgan fingerprint density at radius 1 is 1.00 bits per heavy atom. The quantitative estimate of drug-likeness (QED) is 0.495. The van der Waals surface area contributed by atoms with Crippen LogP contribution in [0.4, 0.5) is 0 Å². The molecular weight excluding hydrogens is 270 g/mol. The predicted octanol–water partition coefficient (Wildman–Crippen LogP) is 3.96. The van der Waals surface area contributed by atoms with E-state index in [0.717, 1.165) is 11.5 Å². The van der Waals surface area contributed by atoms with Crippen LogP contribution in [0.1, 0.15) is 13.8 Å². The summed E-state index contributed by atoms with van der Waals surface area (Å²) in [5.41, 5.74) is 0. The van der Waals surface area contributed by atoms with Crippen molar-refractivity contribution in [3.8, 4) is 0 Å². The molecule has 0 aliphatic heterocycles. The van der Waals surface area contributed by atoms with E-state index in [1.165, 1.54) is 0 Å². The molecule has 3 unspecified atom stereocenters. The summed E-state index contributed by atoms with van der Waals surface area (Å²) in [5.74, 6) is 2.23. The van der Waals surface area contributed by atoms with Crippen LogP contribution in [0.2, 0.25) is 0 Å². The van der Waals surface area contributed by atoms with Crippen molar-refractivity contribution in [3.05, 3.63) is 34.3 Å². The van der Waals surface area contributed by atoms with Gasteiger partial charge in [0.1, 0.15) is 0 Å². The average molecular weight is 285 g/mol. The minimum atomic E-state index is -0.0441. The third-order valence-electron chi connectivity index (χ3n) is 1.74. The molecule has 0 spiro atoms. The Morgan fingerprint density at radius 2 is 1.65 bits per heavy atom. The summed E-state index contributed by atoms with van der Waals surface area (Å²) in [6, 6.07) is 0. The second-order valence-corrected chi connectivity index (χ2v) is 7.18. The molecule has 0 aliphatic rings. The van der Waals surface area contributed by atoms with Gasteiger partial charge in [0.25, 0.3) is 16.6 Å². The van der Waals surface area contributed by atoms with Crippen LogP contribution in [-0.2, 0) is 0 Å². The zero-order valence-corrected chi connectivity index (χ0v) is 12.4. The van der Waals surface area contributed by atoms with E-state index < -0.39 is 0 Å². The maximum atomic E-state index is 6.96. The van der Waals surface area contributed by atoms with Crippen LogP contribution in [0.3, 0.4) is 0 Å². The van der Waals surface area contributed by atoms with Crippen LogP contribution in [0, 0.1) is 19.7 Å². The van der Waals surface area contributed by atoms with Crippen molar-refractivity contribution in [2.24, 2.45) is 0 Å². The van der Waals surface area contributed by atoms with Gasteiger partial charge in [-0.15, -0.1) is 0 Å². The summed E-state index contributed by atoms with van der Waals surface area (Å²) in [4.78, 5) is 10.2. The lowest BCUT2D eigenvalue weighted by molar-refractivity contribution is 1.10. The van der Waals surface area contributed by atoms with Crippen LogP contribution in [0.5, 0.6) is 0 Å². The van der Waals surface area contributed by atoms with E-state index in [1.807, 2.05) is 13.8 Å². The van der Waals surface area contributed by atoms with Gasteiger partial charge in [-0.25, -0.2) is 19.7 Å². The average Bonchev–Trinajstić information content (AvgIpc) is 2.35. The van der Waals surface area contributed by atoms with E-state index in [2.05, 4.69) is 14.5 Å². The highest BCUT2D eigenvalue weighted by molar-refractivity contribution is 8.05. The molecule has 0 aliphatic carbocycles. The van der Waals surface area contributed by atoms with Crippen LogP contribution in [0.25, 0.3) is 14.5 Å². The zero-order valence-electron chi connectivity index (χ0n) is 9.92. The van der Waals surface area contributed by atoms with Crippen molar-refractivity contribution in [3.63, 3.8) is 0 Å². The van der Waals surface area contributed by atoms with Gasteiger partial charge in [-0.05, 0) is 0 Å². The molecule has 3 nitrogen and oxygen atoms in total. The van der Waals surface area contributed by atoms with Gasteiger partial charge in [-0.3, -0.25) is 0 Å². The molecule has 0 amide bonds. The topological polar surface area (TPSA) is 13.1 Å². The fourth-order valence-corrected chi connectivity index (χ4v) is 4.13. The molecule has 3 atom stereocenters. The normalized spacial score (nSPS) is 15.0. The molecule has 0 N–H and O–H groups in total. The molecule has 0 rings (SSSR count). The van der Waals surface area contributed by atoms with E-state index in [0.29, 0.717) is 11.1 Å². The van der Waals surface area contributed by atoms with Gasteiger partial charge in [0.05, 0.1) is 0 Å². The smallest absolute Gasteiger partial charge is 0.266 e. The summed E-state index contributed by atoms with van der Waals surface area (Å²) in [7, 11) is 0. The summed E-state index contributed by atoms with van der Waals surface area (Å²) in [5, 5.41) is 0.282. The first kappa shape index (κ1) is 16.5. The fraction of sp³-hybridized carbons (Fsp3) is 0.727. The molecule has 0 radical (unpaired) electrons. The van der Waals surface area contributed by atoms with Gasteiger partial charge in [-0.2, -0.15) is 0 Å². The molecule has 0 saturated carbocycles. The Kier molecular flexibility index (Phi) is 10.4. The summed E-state index contributed by atoms with van der Waals surface area (Å²) in [6.07, 6.45) is 0. The first-order chi connectivity index (χ1) is 8.13. The monoisotopic (exact) mass is 285 g/mol. The van der Waals surface area contributed by atoms with E-state index in [9.17, 15) is 0 Å². The Morgan fingerprint density at radius 3 is 2.18 bits per heavy atom. The maximum Gasteiger partial charge on any atom is 0.266 e. The van der Waals surface area contributed by atoms with Gasteiger partial charge in [0.2, 0.25) is 0 Å². The van der Waals surface area contributed by atoms with Gasteiger partial charge >= 0.3 is 0 Å². The Bertz CT molecular complexity index is 326. The third kappa shape index (κ3) is 9.24. The van der Waals surface area contributed by atoms with Gasteiger partial charge in [0.15, 0.2) is 0 Å². The first-order valence-corrected chi connectivity index (χ1v) is 8.19. The number of hydrogen-bond acceptors (Lipinski definition) is 3. The van der Waals surface area contributed by atoms with E-state index in [4.69, 9.17) is 19.7 Å². The van der Waals surface area contributed by atoms with Crippen LogP contribution in [-0.4, -0.2) is 33.4 Å². The Balaban J connectivity index is 4.08. The van der Waals surface area contributed by atoms with Gasteiger partial charge < -0.3 is 14.5 Å². The molecule has 92 valence electrons. The number of hydrogen-bond donors (Lipinski definition) is 0. The van der Waals surface area contributed by atoms with E-state index >= 15 is 0 Å². The van der Waals surface area contributed by atoms with Gasteiger partial charge in [-0.1, -0.05) is 35.3 Å². The lowest BCUT2D eigenvalue weighted by Gasteiger charge is -2.13. The Labute approximate surface area is 117 Å². The van der Waals surface area contributed by atoms with Crippen molar-refractivity contribution < 1.29 is 0 Å². The molecule has 6 heteroatoms. The van der Waals surface area contributed by atoms with Crippen LogP contribution >= 0.6 is 35.3 Å². The van der Waals surface area contributed by atoms with E-state index in [-0.39, 0.29) is 10.7 Å². The molecule has 0 saturated heterocycles. The largest absolute Gasteiger partial charge is 0.305 e. The highest BCUT2D eigenvalue weighted by Gasteiger charge is 2.19. The molecule has 0 aromatic rings. The molecule has 0 aromatic heterocycles. The molecule has 0 heterocycles. The van der Waals surface area contributed by atoms with Crippen molar-refractivity contribution in [2.45, 2.75) is 29.8 Å². The van der Waals surface area contributed by atoms with Crippen molar-refractivity contribution in [2.75, 3.05) is 17.4 Å². The van der Waals surface area contributed by atoms with Crippen molar-refractivity contribution in [1.82, 2.24) is 0 Å². The second kappa shape index (κ2) is 10.7. The van der Waals surface area contributed by atoms with E-state index in [1.54, 1.807) is 35.3 Å². The highest BCUT2D eigenvalue weighted by Crippen LogP contribution is 2.27. The minimum Gasteiger partial charge on any atom is -0.305 e. The number of nitrogens with zero attached hydrogens (tertiary/aromatic N) is 3. The maximum absolute atomic E-state index is 6.96. The van der Waals surface area contributed by atoms with Crippen molar-refractivity contribution in [1.29, 1.82) is 0 Å². The standard InChI is InChI=1S/C11H15N3S3/c1-9(13-4)16-7-11(6-15-8-12-3)17-10(2)14-5/h9-11H,6-8H2,1-2H3. The molecule has 17 heavy (non-hydrogen) atoms. The van der Waals surface area contributed by atoms with Crippen molar-refractivity contribution >= 4 is 35.3 Å². The zero-order chi connectivity index (χ0) is 13.1. The number of rotatable bonds is 8. The predicted molar refractivity (Wildman–Crippen MR) is 79.9 cm³/mol. The van der Waals surface area contributed by atoms with Crippen LogP contribution in [0.15, 0.2) is 0 Å². The minimum absolute atomic E-state index is 0.0211.